The molecule has 1 aromatic rings. The highest BCUT2D eigenvalue weighted by Gasteiger charge is 2.24. The number of carbonyl (C=O) groups is 1. The van der Waals surface area contributed by atoms with Crippen LogP contribution in [0.25, 0.3) is 0 Å². The lowest BCUT2D eigenvalue weighted by molar-refractivity contribution is 0.0702. The Labute approximate surface area is 130 Å². The number of rotatable bonds is 5. The Hall–Kier alpha value is -1.30. The van der Waals surface area contributed by atoms with Gasteiger partial charge in [0, 0.05) is 31.3 Å². The Morgan fingerprint density at radius 2 is 2.29 bits per heavy atom. The molecule has 0 bridgehead atoms. The summed E-state index contributed by atoms with van der Waals surface area (Å²) < 4.78 is 10.6. The first-order valence-corrected chi connectivity index (χ1v) is 7.45. The van der Waals surface area contributed by atoms with Crippen molar-refractivity contribution in [2.24, 2.45) is 5.73 Å². The monoisotopic (exact) mass is 312 g/mol. The van der Waals surface area contributed by atoms with Crippen molar-refractivity contribution >= 4 is 17.5 Å². The normalized spacial score (nSPS) is 18.6. The number of nitrogens with two attached hydrogens (primary N) is 1. The number of methoxy groups -OCH3 is 1. The first-order valence-electron chi connectivity index (χ1n) is 7.08. The fourth-order valence-corrected chi connectivity index (χ4v) is 2.57. The molecule has 1 aromatic carbocycles. The third-order valence-electron chi connectivity index (χ3n) is 3.46. The smallest absolute Gasteiger partial charge is 0.257 e. The summed E-state index contributed by atoms with van der Waals surface area (Å²) in [7, 11) is 1.60. The average Bonchev–Trinajstić information content (AvgIpc) is 2.48. The summed E-state index contributed by atoms with van der Waals surface area (Å²) in [4.78, 5) is 14.4. The molecule has 1 amide bonds. The molecule has 6 heteroatoms. The number of amides is 1. The molecular weight excluding hydrogens is 292 g/mol. The fourth-order valence-electron chi connectivity index (χ4n) is 2.39. The Morgan fingerprint density at radius 1 is 1.48 bits per heavy atom. The molecule has 1 atom stereocenters. The number of hydrogen-bond acceptors (Lipinski definition) is 4. The van der Waals surface area contributed by atoms with Crippen molar-refractivity contribution in [1.29, 1.82) is 0 Å². The minimum absolute atomic E-state index is 0.0414. The molecule has 1 saturated heterocycles. The highest BCUT2D eigenvalue weighted by Crippen LogP contribution is 2.25. The van der Waals surface area contributed by atoms with Gasteiger partial charge in [-0.15, -0.1) is 0 Å². The van der Waals surface area contributed by atoms with E-state index in [2.05, 4.69) is 0 Å². The number of likely N-dealkylation sites (tertiary alicyclic amines) is 1. The molecule has 0 aromatic heterocycles. The van der Waals surface area contributed by atoms with Gasteiger partial charge in [0.1, 0.15) is 12.4 Å². The van der Waals surface area contributed by atoms with Gasteiger partial charge < -0.3 is 20.1 Å². The van der Waals surface area contributed by atoms with Gasteiger partial charge in [-0.25, -0.2) is 0 Å². The molecule has 1 aliphatic heterocycles. The van der Waals surface area contributed by atoms with Crippen LogP contribution >= 0.6 is 11.6 Å². The van der Waals surface area contributed by atoms with Crippen molar-refractivity contribution in [3.05, 3.63) is 28.8 Å². The van der Waals surface area contributed by atoms with Gasteiger partial charge in [0.05, 0.1) is 12.2 Å². The fraction of sp³-hybridized carbons (Fsp3) is 0.533. The number of nitrogens with zero attached hydrogens (tertiary/aromatic N) is 1. The SMILES string of the molecule is COCCOc1ccc(Cl)cc1C(=O)N1CCC[C@@H](N)C1. The highest BCUT2D eigenvalue weighted by atomic mass is 35.5. The van der Waals surface area contributed by atoms with E-state index < -0.39 is 0 Å². The Balaban J connectivity index is 2.15. The van der Waals surface area contributed by atoms with Gasteiger partial charge in [-0.05, 0) is 31.0 Å². The summed E-state index contributed by atoms with van der Waals surface area (Å²) in [6, 6.07) is 5.11. The van der Waals surface area contributed by atoms with E-state index in [1.165, 1.54) is 0 Å². The molecule has 1 fully saturated rings. The van der Waals surface area contributed by atoms with Crippen molar-refractivity contribution in [2.75, 3.05) is 33.4 Å². The van der Waals surface area contributed by atoms with E-state index in [1.54, 1.807) is 30.2 Å². The maximum atomic E-state index is 12.7. The van der Waals surface area contributed by atoms with Gasteiger partial charge in [-0.1, -0.05) is 11.6 Å². The molecule has 0 spiro atoms. The Morgan fingerprint density at radius 3 is 3.00 bits per heavy atom. The third kappa shape index (κ3) is 4.33. The standard InChI is InChI=1S/C15H21ClN2O3/c1-20-7-8-21-14-5-4-11(16)9-13(14)15(19)18-6-2-3-12(17)10-18/h4-5,9,12H,2-3,6-8,10,17H2,1H3/t12-/m1/s1. The largest absolute Gasteiger partial charge is 0.490 e. The van der Waals surface area contributed by atoms with Crippen LogP contribution in [0.3, 0.4) is 0 Å². The number of hydrogen-bond donors (Lipinski definition) is 1. The van der Waals surface area contributed by atoms with E-state index in [0.717, 1.165) is 19.4 Å². The minimum Gasteiger partial charge on any atom is -0.490 e. The molecule has 2 N–H and O–H groups in total. The zero-order valence-corrected chi connectivity index (χ0v) is 12.9. The number of benzene rings is 1. The molecule has 0 aliphatic carbocycles. The van der Waals surface area contributed by atoms with Crippen LogP contribution < -0.4 is 10.5 Å². The first-order chi connectivity index (χ1) is 10.1. The molecule has 1 heterocycles. The van der Waals surface area contributed by atoms with Crippen LogP contribution in [-0.2, 0) is 4.74 Å². The molecule has 0 radical (unpaired) electrons. The second-order valence-corrected chi connectivity index (χ2v) is 5.57. The Kier molecular flexibility index (Phi) is 5.85. The summed E-state index contributed by atoms with van der Waals surface area (Å²) >= 11 is 6.01. The summed E-state index contributed by atoms with van der Waals surface area (Å²) in [5, 5.41) is 0.513. The summed E-state index contributed by atoms with van der Waals surface area (Å²) in [6.45, 7) is 2.14. The molecule has 0 unspecified atom stereocenters. The van der Waals surface area contributed by atoms with E-state index in [4.69, 9.17) is 26.8 Å². The van der Waals surface area contributed by atoms with Crippen LogP contribution in [0, 0.1) is 0 Å². The van der Waals surface area contributed by atoms with Gasteiger partial charge in [-0.3, -0.25) is 4.79 Å². The van der Waals surface area contributed by atoms with Gasteiger partial charge >= 0.3 is 0 Å². The minimum atomic E-state index is -0.0833. The van der Waals surface area contributed by atoms with E-state index in [0.29, 0.717) is 36.1 Å². The highest BCUT2D eigenvalue weighted by molar-refractivity contribution is 6.31. The number of ether oxygens (including phenoxy) is 2. The van der Waals surface area contributed by atoms with E-state index in [9.17, 15) is 4.79 Å². The lowest BCUT2D eigenvalue weighted by Gasteiger charge is -2.31. The first kappa shape index (κ1) is 16.1. The molecular formula is C15H21ClN2O3. The zero-order valence-electron chi connectivity index (χ0n) is 12.2. The number of piperidine rings is 1. The van der Waals surface area contributed by atoms with E-state index >= 15 is 0 Å². The van der Waals surface area contributed by atoms with Crippen LogP contribution in [-0.4, -0.2) is 50.3 Å². The molecule has 0 saturated carbocycles. The predicted octanol–water partition coefficient (Wildman–Crippen LogP) is 1.93. The van der Waals surface area contributed by atoms with Gasteiger partial charge in [0.25, 0.3) is 5.91 Å². The second-order valence-electron chi connectivity index (χ2n) is 5.14. The molecule has 5 nitrogen and oxygen atoms in total. The van der Waals surface area contributed by atoms with Gasteiger partial charge in [0.15, 0.2) is 0 Å². The zero-order chi connectivity index (χ0) is 15.2. The number of halogens is 1. The Bertz CT molecular complexity index is 496. The van der Waals surface area contributed by atoms with Crippen LogP contribution in [0.4, 0.5) is 0 Å². The van der Waals surface area contributed by atoms with Crippen molar-refractivity contribution in [3.8, 4) is 5.75 Å². The maximum absolute atomic E-state index is 12.7. The van der Waals surface area contributed by atoms with Crippen molar-refractivity contribution in [1.82, 2.24) is 4.90 Å². The van der Waals surface area contributed by atoms with Gasteiger partial charge in [0.2, 0.25) is 0 Å². The number of carbonyl (C=O) groups excluding carboxylic acids is 1. The van der Waals surface area contributed by atoms with Crippen molar-refractivity contribution in [3.63, 3.8) is 0 Å². The van der Waals surface area contributed by atoms with Crippen LogP contribution in [0.5, 0.6) is 5.75 Å². The summed E-state index contributed by atoms with van der Waals surface area (Å²) in [5.74, 6) is 0.445. The van der Waals surface area contributed by atoms with E-state index in [-0.39, 0.29) is 11.9 Å². The van der Waals surface area contributed by atoms with Crippen LogP contribution in [0.1, 0.15) is 23.2 Å². The van der Waals surface area contributed by atoms with Crippen molar-refractivity contribution < 1.29 is 14.3 Å². The average molecular weight is 313 g/mol. The summed E-state index contributed by atoms with van der Waals surface area (Å²) in [6.07, 6.45) is 1.88. The molecule has 116 valence electrons. The second kappa shape index (κ2) is 7.64. The molecule has 21 heavy (non-hydrogen) atoms. The predicted molar refractivity (Wildman–Crippen MR) is 81.9 cm³/mol. The maximum Gasteiger partial charge on any atom is 0.257 e. The van der Waals surface area contributed by atoms with E-state index in [1.807, 2.05) is 0 Å². The lowest BCUT2D eigenvalue weighted by Crippen LogP contribution is -2.45. The molecule has 2 rings (SSSR count). The lowest BCUT2D eigenvalue weighted by atomic mass is 10.0. The van der Waals surface area contributed by atoms with Gasteiger partial charge in [-0.2, -0.15) is 0 Å². The summed E-state index contributed by atoms with van der Waals surface area (Å²) in [5.41, 5.74) is 6.42. The van der Waals surface area contributed by atoms with Crippen LogP contribution in [0.2, 0.25) is 5.02 Å². The van der Waals surface area contributed by atoms with Crippen molar-refractivity contribution in [2.45, 2.75) is 18.9 Å². The topological polar surface area (TPSA) is 64.8 Å². The van der Waals surface area contributed by atoms with Crippen LogP contribution in [0.15, 0.2) is 18.2 Å². The third-order valence-corrected chi connectivity index (χ3v) is 3.70. The quantitative estimate of drug-likeness (QED) is 0.844. The molecule has 1 aliphatic rings.